The van der Waals surface area contributed by atoms with Crippen LogP contribution in [0.15, 0.2) is 115 Å². The maximum Gasteiger partial charge on any atom is 0.224 e. The van der Waals surface area contributed by atoms with Gasteiger partial charge in [0, 0.05) is 24.8 Å². The molecule has 0 bridgehead atoms. The van der Waals surface area contributed by atoms with Crippen molar-refractivity contribution in [1.82, 2.24) is 4.90 Å². The first-order chi connectivity index (χ1) is 17.7. The fourth-order valence-electron chi connectivity index (χ4n) is 4.46. The van der Waals surface area contributed by atoms with Gasteiger partial charge < -0.3 is 9.64 Å². The van der Waals surface area contributed by atoms with Crippen molar-refractivity contribution in [2.24, 2.45) is 0 Å². The summed E-state index contributed by atoms with van der Waals surface area (Å²) < 4.78 is 5.86. The van der Waals surface area contributed by atoms with Gasteiger partial charge >= 0.3 is 0 Å². The van der Waals surface area contributed by atoms with Crippen molar-refractivity contribution < 1.29 is 14.3 Å². The Morgan fingerprint density at radius 3 is 1.89 bits per heavy atom. The van der Waals surface area contributed by atoms with Crippen molar-refractivity contribution in [2.75, 3.05) is 6.54 Å². The predicted molar refractivity (Wildman–Crippen MR) is 144 cm³/mol. The molecule has 4 aromatic carbocycles. The summed E-state index contributed by atoms with van der Waals surface area (Å²) in [7, 11) is 0. The van der Waals surface area contributed by atoms with Gasteiger partial charge in [0.15, 0.2) is 0 Å². The van der Waals surface area contributed by atoms with Gasteiger partial charge in [-0.15, -0.1) is 0 Å². The molecule has 1 atom stereocenters. The van der Waals surface area contributed by atoms with Crippen molar-refractivity contribution >= 4 is 22.8 Å². The number of hydrogen-bond acceptors (Lipinski definition) is 4. The van der Waals surface area contributed by atoms with Crippen molar-refractivity contribution in [2.45, 2.75) is 24.1 Å². The molecule has 1 unspecified atom stereocenters. The zero-order valence-corrected chi connectivity index (χ0v) is 20.6. The Morgan fingerprint density at radius 1 is 0.778 bits per heavy atom. The number of likely N-dealkylation sites (tertiary alicyclic amines) is 1. The molecule has 0 N–H and O–H groups in total. The fourth-order valence-corrected chi connectivity index (χ4v) is 5.68. The summed E-state index contributed by atoms with van der Waals surface area (Å²) in [6, 6.07) is 37.2. The average molecular weight is 494 g/mol. The molecule has 1 saturated heterocycles. The zero-order valence-electron chi connectivity index (χ0n) is 19.8. The van der Waals surface area contributed by atoms with Crippen LogP contribution in [0, 0.1) is 0 Å². The van der Waals surface area contributed by atoms with Crippen molar-refractivity contribution in [3.63, 3.8) is 0 Å². The minimum Gasteiger partial charge on any atom is -0.457 e. The van der Waals surface area contributed by atoms with Crippen LogP contribution in [0.4, 0.5) is 0 Å². The summed E-state index contributed by atoms with van der Waals surface area (Å²) in [5, 5.41) is 0.0232. The summed E-state index contributed by atoms with van der Waals surface area (Å²) in [4.78, 5) is 28.1. The summed E-state index contributed by atoms with van der Waals surface area (Å²) >= 11 is 1.31. The predicted octanol–water partition coefficient (Wildman–Crippen LogP) is 6.67. The van der Waals surface area contributed by atoms with Gasteiger partial charge in [0.2, 0.25) is 11.0 Å². The lowest BCUT2D eigenvalue weighted by molar-refractivity contribution is -0.128. The standard InChI is InChI=1S/C31H27NO3S/c33-29-20-28(36-31(34)30(24-10-4-1-5-11-24)25-12-6-2-7-13-25)22-32(29)21-23-16-18-27(19-17-23)35-26-14-8-3-9-15-26/h1-19,28,30H,20-22H2. The molecule has 180 valence electrons. The molecule has 0 radical (unpaired) electrons. The number of ether oxygens (including phenoxy) is 1. The number of amides is 1. The third-order valence-electron chi connectivity index (χ3n) is 6.24. The molecule has 0 aromatic heterocycles. The third kappa shape index (κ3) is 5.86. The molecule has 1 aliphatic rings. The summed E-state index contributed by atoms with van der Waals surface area (Å²) in [6.45, 7) is 1.09. The number of hydrogen-bond donors (Lipinski definition) is 0. The van der Waals surface area contributed by atoms with Gasteiger partial charge in [-0.3, -0.25) is 9.59 Å². The van der Waals surface area contributed by atoms with E-state index < -0.39 is 0 Å². The molecule has 0 spiro atoms. The van der Waals surface area contributed by atoms with E-state index in [0.29, 0.717) is 19.5 Å². The highest BCUT2D eigenvalue weighted by Crippen LogP contribution is 2.35. The van der Waals surface area contributed by atoms with Crippen LogP contribution >= 0.6 is 11.8 Å². The van der Waals surface area contributed by atoms with Crippen LogP contribution in [-0.2, 0) is 16.1 Å². The Morgan fingerprint density at radius 2 is 1.31 bits per heavy atom. The van der Waals surface area contributed by atoms with Gasteiger partial charge in [-0.25, -0.2) is 0 Å². The molecule has 4 nitrogen and oxygen atoms in total. The average Bonchev–Trinajstić information content (AvgIpc) is 3.25. The normalized spacial score (nSPS) is 15.3. The van der Waals surface area contributed by atoms with Crippen LogP contribution in [-0.4, -0.2) is 27.7 Å². The highest BCUT2D eigenvalue weighted by molar-refractivity contribution is 8.14. The van der Waals surface area contributed by atoms with Crippen molar-refractivity contribution in [3.05, 3.63) is 132 Å². The quantitative estimate of drug-likeness (QED) is 0.275. The minimum atomic E-state index is -0.348. The smallest absolute Gasteiger partial charge is 0.224 e. The van der Waals surface area contributed by atoms with Gasteiger partial charge in [-0.1, -0.05) is 103 Å². The SMILES string of the molecule is O=C(SC1CC(=O)N(Cc2ccc(Oc3ccccc3)cc2)C1)C(c1ccccc1)c1ccccc1. The molecule has 1 heterocycles. The van der Waals surface area contributed by atoms with E-state index in [1.807, 2.05) is 120 Å². The van der Waals surface area contributed by atoms with E-state index in [4.69, 9.17) is 4.74 Å². The lowest BCUT2D eigenvalue weighted by Gasteiger charge is -2.19. The van der Waals surface area contributed by atoms with E-state index in [2.05, 4.69) is 0 Å². The largest absolute Gasteiger partial charge is 0.457 e. The number of carbonyl (C=O) groups excluding carboxylic acids is 2. The molecule has 1 aliphatic heterocycles. The molecule has 0 saturated carbocycles. The van der Waals surface area contributed by atoms with Crippen molar-refractivity contribution in [3.8, 4) is 11.5 Å². The monoisotopic (exact) mass is 493 g/mol. The van der Waals surface area contributed by atoms with Gasteiger partial charge in [-0.2, -0.15) is 0 Å². The first-order valence-corrected chi connectivity index (χ1v) is 12.9. The molecule has 36 heavy (non-hydrogen) atoms. The van der Waals surface area contributed by atoms with E-state index in [1.165, 1.54) is 11.8 Å². The van der Waals surface area contributed by atoms with Crippen LogP contribution in [0.2, 0.25) is 0 Å². The number of thioether (sulfide) groups is 1. The highest BCUT2D eigenvalue weighted by atomic mass is 32.2. The van der Waals surface area contributed by atoms with Gasteiger partial charge in [0.25, 0.3) is 0 Å². The fraction of sp³-hybridized carbons (Fsp3) is 0.161. The van der Waals surface area contributed by atoms with E-state index >= 15 is 0 Å². The molecule has 1 fully saturated rings. The molecule has 5 rings (SSSR count). The van der Waals surface area contributed by atoms with Crippen LogP contribution in [0.5, 0.6) is 11.5 Å². The van der Waals surface area contributed by atoms with E-state index in [9.17, 15) is 9.59 Å². The molecule has 4 aromatic rings. The molecule has 1 amide bonds. The Bertz CT molecular complexity index is 1250. The van der Waals surface area contributed by atoms with Gasteiger partial charge in [0.05, 0.1) is 5.92 Å². The lowest BCUT2D eigenvalue weighted by Crippen LogP contribution is -2.25. The highest BCUT2D eigenvalue weighted by Gasteiger charge is 2.34. The third-order valence-corrected chi connectivity index (χ3v) is 7.36. The van der Waals surface area contributed by atoms with Crippen LogP contribution < -0.4 is 4.74 Å². The second kappa shape index (κ2) is 11.3. The number of rotatable bonds is 8. The Labute approximate surface area is 215 Å². The van der Waals surface area contributed by atoms with Crippen molar-refractivity contribution in [1.29, 1.82) is 0 Å². The number of para-hydroxylation sites is 1. The molecular weight excluding hydrogens is 466 g/mol. The second-order valence-electron chi connectivity index (χ2n) is 8.85. The van der Waals surface area contributed by atoms with E-state index in [0.717, 1.165) is 28.2 Å². The van der Waals surface area contributed by atoms with Gasteiger partial charge in [-0.05, 0) is 41.0 Å². The maximum absolute atomic E-state index is 13.5. The first-order valence-electron chi connectivity index (χ1n) is 12.1. The van der Waals surface area contributed by atoms with E-state index in [-0.39, 0.29) is 22.2 Å². The molecule has 0 aliphatic carbocycles. The zero-order chi connectivity index (χ0) is 24.7. The number of carbonyl (C=O) groups is 2. The summed E-state index contributed by atoms with van der Waals surface area (Å²) in [5.74, 6) is 1.28. The maximum atomic E-state index is 13.5. The summed E-state index contributed by atoms with van der Waals surface area (Å²) in [6.07, 6.45) is 0.377. The van der Waals surface area contributed by atoms with Crippen LogP contribution in [0.25, 0.3) is 0 Å². The second-order valence-corrected chi connectivity index (χ2v) is 10.2. The molecule has 5 heteroatoms. The van der Waals surface area contributed by atoms with E-state index in [1.54, 1.807) is 0 Å². The van der Waals surface area contributed by atoms with Crippen LogP contribution in [0.3, 0.4) is 0 Å². The Kier molecular flexibility index (Phi) is 7.48. The number of benzene rings is 4. The summed E-state index contributed by atoms with van der Waals surface area (Å²) in [5.41, 5.74) is 2.98. The lowest BCUT2D eigenvalue weighted by atomic mass is 9.92. The topological polar surface area (TPSA) is 46.6 Å². The Hall–Kier alpha value is -3.83. The minimum absolute atomic E-state index is 0.0550. The first kappa shape index (κ1) is 23.9. The Balaban J connectivity index is 1.22. The van der Waals surface area contributed by atoms with Gasteiger partial charge in [0.1, 0.15) is 11.5 Å². The number of nitrogens with zero attached hydrogens (tertiary/aromatic N) is 1. The van der Waals surface area contributed by atoms with Crippen LogP contribution in [0.1, 0.15) is 29.0 Å². The molecular formula is C31H27NO3S.